The van der Waals surface area contributed by atoms with Gasteiger partial charge in [-0.3, -0.25) is 0 Å². The van der Waals surface area contributed by atoms with Crippen LogP contribution in [-0.4, -0.2) is 13.2 Å². The Morgan fingerprint density at radius 2 is 2.56 bits per heavy atom. The predicted molar refractivity (Wildman–Crippen MR) is 38.5 cm³/mol. The van der Waals surface area contributed by atoms with Crippen molar-refractivity contribution in [2.24, 2.45) is 0 Å². The Morgan fingerprint density at radius 3 is 3.00 bits per heavy atom. The summed E-state index contributed by atoms with van der Waals surface area (Å²) in [7, 11) is 1.70. The molecule has 0 spiro atoms. The molecule has 1 unspecified atom stereocenters. The zero-order chi connectivity index (χ0) is 6.69. The molecule has 0 aromatic carbocycles. The molecule has 1 atom stereocenters. The number of methoxy groups -OCH3 is 1. The third-order valence-corrected chi connectivity index (χ3v) is 1.60. The van der Waals surface area contributed by atoms with E-state index in [9.17, 15) is 0 Å². The maximum absolute atomic E-state index is 5.66. The lowest BCUT2D eigenvalue weighted by atomic mass is 10.1. The highest BCUT2D eigenvalue weighted by Gasteiger charge is 2.04. The van der Waals surface area contributed by atoms with Gasteiger partial charge in [0.25, 0.3) is 0 Å². The Hall–Kier alpha value is -0.270. The molecule has 0 N–H and O–H groups in total. The standard InChI is InChI=1S/C7H9ClO/c1-9-7-4-2-6(8)3-5-7/h2-4,7H,5H2,1H3. The van der Waals surface area contributed by atoms with Gasteiger partial charge in [0.05, 0.1) is 6.10 Å². The zero-order valence-corrected chi connectivity index (χ0v) is 6.06. The largest absolute Gasteiger partial charge is 0.377 e. The van der Waals surface area contributed by atoms with Crippen molar-refractivity contribution < 1.29 is 4.74 Å². The van der Waals surface area contributed by atoms with E-state index in [0.717, 1.165) is 11.5 Å². The highest BCUT2D eigenvalue weighted by atomic mass is 35.5. The molecule has 0 fully saturated rings. The summed E-state index contributed by atoms with van der Waals surface area (Å²) in [5, 5.41) is 0.809. The number of ether oxygens (including phenoxy) is 1. The van der Waals surface area contributed by atoms with E-state index in [0.29, 0.717) is 0 Å². The fraction of sp³-hybridized carbons (Fsp3) is 0.429. The molecule has 0 bridgehead atoms. The molecular weight excluding hydrogens is 136 g/mol. The average molecular weight is 145 g/mol. The number of allylic oxidation sites excluding steroid dienone is 2. The van der Waals surface area contributed by atoms with Crippen LogP contribution in [0.5, 0.6) is 0 Å². The normalized spacial score (nSPS) is 26.0. The minimum absolute atomic E-state index is 0.229. The average Bonchev–Trinajstić information content (AvgIpc) is 1.90. The quantitative estimate of drug-likeness (QED) is 0.548. The van der Waals surface area contributed by atoms with Crippen molar-refractivity contribution in [3.63, 3.8) is 0 Å². The van der Waals surface area contributed by atoms with Gasteiger partial charge in [0.1, 0.15) is 0 Å². The van der Waals surface area contributed by atoms with E-state index in [1.165, 1.54) is 0 Å². The molecule has 1 aliphatic carbocycles. The number of halogens is 1. The summed E-state index contributed by atoms with van der Waals surface area (Å²) in [6.07, 6.45) is 6.90. The molecule has 50 valence electrons. The molecule has 2 heteroatoms. The summed E-state index contributed by atoms with van der Waals surface area (Å²) in [5.41, 5.74) is 0. The van der Waals surface area contributed by atoms with Crippen molar-refractivity contribution in [3.05, 3.63) is 23.3 Å². The van der Waals surface area contributed by atoms with Gasteiger partial charge in [-0.2, -0.15) is 0 Å². The van der Waals surface area contributed by atoms with Crippen molar-refractivity contribution in [3.8, 4) is 0 Å². The molecule has 0 aromatic heterocycles. The van der Waals surface area contributed by atoms with Crippen LogP contribution in [-0.2, 0) is 4.74 Å². The minimum Gasteiger partial charge on any atom is -0.377 e. The highest BCUT2D eigenvalue weighted by Crippen LogP contribution is 2.14. The lowest BCUT2D eigenvalue weighted by Gasteiger charge is -2.10. The lowest BCUT2D eigenvalue weighted by Crippen LogP contribution is -2.07. The van der Waals surface area contributed by atoms with Crippen LogP contribution in [0.25, 0.3) is 0 Å². The Labute approximate surface area is 60.0 Å². The second-order valence-corrected chi connectivity index (χ2v) is 2.39. The van der Waals surface area contributed by atoms with E-state index < -0.39 is 0 Å². The van der Waals surface area contributed by atoms with E-state index in [2.05, 4.69) is 0 Å². The molecule has 0 radical (unpaired) electrons. The first-order valence-corrected chi connectivity index (χ1v) is 3.27. The summed E-state index contributed by atoms with van der Waals surface area (Å²) in [5.74, 6) is 0. The van der Waals surface area contributed by atoms with Crippen molar-refractivity contribution >= 4 is 11.6 Å². The molecule has 0 saturated carbocycles. The van der Waals surface area contributed by atoms with Crippen LogP contribution in [0.2, 0.25) is 0 Å². The summed E-state index contributed by atoms with van der Waals surface area (Å²) in [4.78, 5) is 0. The Bertz CT molecular complexity index is 149. The molecule has 0 amide bonds. The fourth-order valence-electron chi connectivity index (χ4n) is 0.749. The van der Waals surface area contributed by atoms with Crippen molar-refractivity contribution in [1.82, 2.24) is 0 Å². The summed E-state index contributed by atoms with van der Waals surface area (Å²) >= 11 is 5.66. The topological polar surface area (TPSA) is 9.23 Å². The van der Waals surface area contributed by atoms with E-state index >= 15 is 0 Å². The molecular formula is C7H9ClO. The van der Waals surface area contributed by atoms with Gasteiger partial charge in [-0.15, -0.1) is 0 Å². The van der Waals surface area contributed by atoms with E-state index in [1.54, 1.807) is 7.11 Å². The zero-order valence-electron chi connectivity index (χ0n) is 5.30. The van der Waals surface area contributed by atoms with Crippen LogP contribution in [0, 0.1) is 0 Å². The summed E-state index contributed by atoms with van der Waals surface area (Å²) < 4.78 is 5.05. The number of rotatable bonds is 1. The predicted octanol–water partition coefficient (Wildman–Crippen LogP) is 2.08. The maximum Gasteiger partial charge on any atom is 0.0790 e. The SMILES string of the molecule is COC1C=CC(Cl)=CC1. The monoisotopic (exact) mass is 144 g/mol. The van der Waals surface area contributed by atoms with Crippen LogP contribution >= 0.6 is 11.6 Å². The smallest absolute Gasteiger partial charge is 0.0790 e. The van der Waals surface area contributed by atoms with E-state index in [4.69, 9.17) is 16.3 Å². The highest BCUT2D eigenvalue weighted by molar-refractivity contribution is 6.31. The van der Waals surface area contributed by atoms with Gasteiger partial charge in [-0.05, 0) is 12.5 Å². The van der Waals surface area contributed by atoms with Gasteiger partial charge < -0.3 is 4.74 Å². The molecule has 1 rings (SSSR count). The first kappa shape index (κ1) is 6.84. The van der Waals surface area contributed by atoms with Crippen molar-refractivity contribution in [1.29, 1.82) is 0 Å². The van der Waals surface area contributed by atoms with Gasteiger partial charge in [0, 0.05) is 12.1 Å². The third kappa shape index (κ3) is 1.84. The Balaban J connectivity index is 2.48. The lowest BCUT2D eigenvalue weighted by molar-refractivity contribution is 0.142. The van der Waals surface area contributed by atoms with E-state index in [1.807, 2.05) is 18.2 Å². The van der Waals surface area contributed by atoms with Gasteiger partial charge in [-0.25, -0.2) is 0 Å². The Kier molecular flexibility index (Phi) is 2.31. The molecule has 0 heterocycles. The third-order valence-electron chi connectivity index (χ3n) is 1.32. The van der Waals surface area contributed by atoms with Crippen LogP contribution in [0.15, 0.2) is 23.3 Å². The molecule has 0 aliphatic heterocycles. The van der Waals surface area contributed by atoms with Gasteiger partial charge >= 0.3 is 0 Å². The van der Waals surface area contributed by atoms with Crippen molar-refractivity contribution in [2.45, 2.75) is 12.5 Å². The summed E-state index contributed by atoms with van der Waals surface area (Å²) in [6, 6.07) is 0. The van der Waals surface area contributed by atoms with Gasteiger partial charge in [-0.1, -0.05) is 23.8 Å². The van der Waals surface area contributed by atoms with Crippen LogP contribution in [0.4, 0.5) is 0 Å². The van der Waals surface area contributed by atoms with Crippen LogP contribution < -0.4 is 0 Å². The van der Waals surface area contributed by atoms with Gasteiger partial charge in [0.2, 0.25) is 0 Å². The number of hydrogen-bond acceptors (Lipinski definition) is 1. The first-order valence-electron chi connectivity index (χ1n) is 2.89. The molecule has 0 saturated heterocycles. The molecule has 1 nitrogen and oxygen atoms in total. The van der Waals surface area contributed by atoms with Crippen LogP contribution in [0.1, 0.15) is 6.42 Å². The molecule has 0 aromatic rings. The first-order chi connectivity index (χ1) is 4.33. The van der Waals surface area contributed by atoms with Crippen molar-refractivity contribution in [2.75, 3.05) is 7.11 Å². The fourth-order valence-corrected chi connectivity index (χ4v) is 0.911. The van der Waals surface area contributed by atoms with E-state index in [-0.39, 0.29) is 6.10 Å². The molecule has 9 heavy (non-hydrogen) atoms. The maximum atomic E-state index is 5.66. The second kappa shape index (κ2) is 3.04. The van der Waals surface area contributed by atoms with Gasteiger partial charge in [0.15, 0.2) is 0 Å². The minimum atomic E-state index is 0.229. The van der Waals surface area contributed by atoms with Crippen LogP contribution in [0.3, 0.4) is 0 Å². The Morgan fingerprint density at radius 1 is 1.78 bits per heavy atom. The molecule has 1 aliphatic rings. The second-order valence-electron chi connectivity index (χ2n) is 1.96. The number of hydrogen-bond donors (Lipinski definition) is 0. The summed E-state index contributed by atoms with van der Waals surface area (Å²) in [6.45, 7) is 0.